The molecule has 2 unspecified atom stereocenters. The average molecular weight is 185 g/mol. The highest BCUT2D eigenvalue weighted by molar-refractivity contribution is 6.36. The van der Waals surface area contributed by atoms with Gasteiger partial charge in [-0.1, -0.05) is 6.92 Å². The van der Waals surface area contributed by atoms with E-state index < -0.39 is 11.3 Å². The van der Waals surface area contributed by atoms with Crippen molar-refractivity contribution in [2.75, 3.05) is 7.11 Å². The molecule has 0 aromatic rings. The molecule has 0 amide bonds. The molecule has 4 heteroatoms. The Hall–Kier alpha value is 0.0500. The highest BCUT2D eigenvalue weighted by Gasteiger charge is 2.23. The van der Waals surface area contributed by atoms with Crippen molar-refractivity contribution < 1.29 is 9.53 Å². The third-order valence-corrected chi connectivity index (χ3v) is 2.31. The second-order valence-electron chi connectivity index (χ2n) is 1.85. The summed E-state index contributed by atoms with van der Waals surface area (Å²) in [5, 5.41) is -1.06. The average Bonchev–Trinajstić information content (AvgIpc) is 2.00. The minimum absolute atomic E-state index is 0.339. The summed E-state index contributed by atoms with van der Waals surface area (Å²) in [4.78, 5) is 10.7. The van der Waals surface area contributed by atoms with Crippen molar-refractivity contribution in [3.8, 4) is 0 Å². The Kier molecular flexibility index (Phi) is 4.83. The fraction of sp³-hybridized carbons (Fsp3) is 0.833. The molecule has 0 saturated carbocycles. The molecule has 0 aliphatic rings. The molecule has 0 aromatic heterocycles. The maximum absolute atomic E-state index is 10.7. The van der Waals surface area contributed by atoms with Gasteiger partial charge in [-0.25, -0.2) is 0 Å². The molecule has 0 N–H and O–H groups in total. The molecule has 0 aliphatic heterocycles. The summed E-state index contributed by atoms with van der Waals surface area (Å²) >= 11 is 11.2. The van der Waals surface area contributed by atoms with Crippen LogP contribution in [0.2, 0.25) is 0 Å². The minimum atomic E-state index is -0.725. The second-order valence-corrected chi connectivity index (χ2v) is 2.88. The van der Waals surface area contributed by atoms with E-state index in [9.17, 15) is 4.79 Å². The van der Waals surface area contributed by atoms with Crippen molar-refractivity contribution in [1.82, 2.24) is 0 Å². The Labute approximate surface area is 70.4 Å². The highest BCUT2D eigenvalue weighted by Crippen LogP contribution is 2.14. The second kappa shape index (κ2) is 4.80. The van der Waals surface area contributed by atoms with Gasteiger partial charge in [0.25, 0.3) is 0 Å². The molecule has 10 heavy (non-hydrogen) atoms. The third kappa shape index (κ3) is 2.76. The van der Waals surface area contributed by atoms with Crippen LogP contribution in [0, 0.1) is 0 Å². The van der Waals surface area contributed by atoms with Crippen LogP contribution in [-0.2, 0) is 9.53 Å². The fourth-order valence-corrected chi connectivity index (χ4v) is 0.837. The number of carbonyl (C=O) groups is 1. The summed E-state index contributed by atoms with van der Waals surface area (Å²) in [7, 11) is 1.29. The lowest BCUT2D eigenvalue weighted by molar-refractivity contribution is -0.140. The molecule has 0 heterocycles. The van der Waals surface area contributed by atoms with Gasteiger partial charge in [0.05, 0.1) is 12.5 Å². The lowest BCUT2D eigenvalue weighted by Crippen LogP contribution is -2.25. The zero-order valence-corrected chi connectivity index (χ0v) is 7.45. The van der Waals surface area contributed by atoms with E-state index in [0.717, 1.165) is 0 Å². The van der Waals surface area contributed by atoms with Gasteiger partial charge in [0, 0.05) is 0 Å². The number of methoxy groups -OCH3 is 1. The largest absolute Gasteiger partial charge is 0.468 e. The molecule has 60 valence electrons. The van der Waals surface area contributed by atoms with Crippen molar-refractivity contribution >= 4 is 29.2 Å². The number of rotatable bonds is 3. The predicted octanol–water partition coefficient (Wildman–Crippen LogP) is 1.78. The van der Waals surface area contributed by atoms with Crippen LogP contribution in [0.3, 0.4) is 0 Å². The summed E-state index contributed by atoms with van der Waals surface area (Å²) in [6.45, 7) is 1.86. The topological polar surface area (TPSA) is 26.3 Å². The first-order chi connectivity index (χ1) is 4.63. The van der Waals surface area contributed by atoms with Gasteiger partial charge in [0.2, 0.25) is 0 Å². The van der Waals surface area contributed by atoms with Crippen LogP contribution in [0.25, 0.3) is 0 Å². The predicted molar refractivity (Wildman–Crippen MR) is 41.6 cm³/mol. The third-order valence-electron chi connectivity index (χ3n) is 1.13. The first-order valence-corrected chi connectivity index (χ1v) is 3.86. The van der Waals surface area contributed by atoms with Gasteiger partial charge in [0.15, 0.2) is 0 Å². The van der Waals surface area contributed by atoms with Gasteiger partial charge in [-0.05, 0) is 6.42 Å². The minimum Gasteiger partial charge on any atom is -0.468 e. The van der Waals surface area contributed by atoms with E-state index in [1.807, 2.05) is 6.92 Å². The fourth-order valence-electron chi connectivity index (χ4n) is 0.467. The van der Waals surface area contributed by atoms with Crippen LogP contribution >= 0.6 is 23.2 Å². The molecule has 0 aromatic carbocycles. The first-order valence-electron chi connectivity index (χ1n) is 2.99. The normalized spacial score (nSPS) is 16.0. The van der Waals surface area contributed by atoms with Gasteiger partial charge >= 0.3 is 5.97 Å². The molecule has 0 radical (unpaired) electrons. The number of ether oxygens (including phenoxy) is 1. The quantitative estimate of drug-likeness (QED) is 0.494. The zero-order chi connectivity index (χ0) is 8.15. The Morgan fingerprint density at radius 2 is 2.10 bits per heavy atom. The lowest BCUT2D eigenvalue weighted by Gasteiger charge is -2.10. The smallest absolute Gasteiger partial charge is 0.325 e. The van der Waals surface area contributed by atoms with Crippen molar-refractivity contribution in [2.24, 2.45) is 0 Å². The molecular formula is C6H10Cl2O2. The van der Waals surface area contributed by atoms with Crippen molar-refractivity contribution in [3.63, 3.8) is 0 Å². The molecular weight excluding hydrogens is 175 g/mol. The van der Waals surface area contributed by atoms with E-state index in [0.29, 0.717) is 6.42 Å². The van der Waals surface area contributed by atoms with Gasteiger partial charge in [-0.2, -0.15) is 0 Å². The maximum atomic E-state index is 10.7. The summed E-state index contributed by atoms with van der Waals surface area (Å²) in [5.74, 6) is -0.469. The van der Waals surface area contributed by atoms with E-state index in [4.69, 9.17) is 23.2 Å². The standard InChI is InChI=1S/C6H10Cl2O2/c1-3-4(7)5(8)6(9)10-2/h4-5H,3H2,1-2H3. The van der Waals surface area contributed by atoms with Crippen LogP contribution in [0.1, 0.15) is 13.3 Å². The molecule has 0 saturated heterocycles. The van der Waals surface area contributed by atoms with Crippen LogP contribution in [-0.4, -0.2) is 23.8 Å². The molecule has 0 rings (SSSR count). The van der Waals surface area contributed by atoms with Crippen molar-refractivity contribution in [1.29, 1.82) is 0 Å². The van der Waals surface area contributed by atoms with Gasteiger partial charge in [-0.15, -0.1) is 23.2 Å². The summed E-state index contributed by atoms with van der Waals surface area (Å²) in [6.07, 6.45) is 0.658. The number of alkyl halides is 2. The summed E-state index contributed by atoms with van der Waals surface area (Å²) in [5.41, 5.74) is 0. The van der Waals surface area contributed by atoms with Gasteiger partial charge in [0.1, 0.15) is 5.38 Å². The van der Waals surface area contributed by atoms with Gasteiger partial charge < -0.3 is 4.74 Å². The SMILES string of the molecule is CCC(Cl)C(Cl)C(=O)OC. The Morgan fingerprint density at radius 1 is 1.60 bits per heavy atom. The molecule has 0 spiro atoms. The molecule has 0 bridgehead atoms. The molecule has 0 aliphatic carbocycles. The van der Waals surface area contributed by atoms with E-state index in [-0.39, 0.29) is 5.38 Å². The maximum Gasteiger partial charge on any atom is 0.325 e. The number of hydrogen-bond donors (Lipinski definition) is 0. The number of carbonyl (C=O) groups excluding carboxylic acids is 1. The van der Waals surface area contributed by atoms with Gasteiger partial charge in [-0.3, -0.25) is 4.79 Å². The lowest BCUT2D eigenvalue weighted by atomic mass is 10.2. The van der Waals surface area contributed by atoms with E-state index >= 15 is 0 Å². The summed E-state index contributed by atoms with van der Waals surface area (Å²) < 4.78 is 4.38. The van der Waals surface area contributed by atoms with Crippen LogP contribution in [0.15, 0.2) is 0 Å². The zero-order valence-electron chi connectivity index (χ0n) is 5.93. The van der Waals surface area contributed by atoms with Crippen molar-refractivity contribution in [3.05, 3.63) is 0 Å². The van der Waals surface area contributed by atoms with Crippen molar-refractivity contribution in [2.45, 2.75) is 24.1 Å². The van der Waals surface area contributed by atoms with E-state index in [1.54, 1.807) is 0 Å². The number of halogens is 2. The monoisotopic (exact) mass is 184 g/mol. The Bertz CT molecular complexity index is 116. The van der Waals surface area contributed by atoms with E-state index in [2.05, 4.69) is 4.74 Å². The van der Waals surface area contributed by atoms with Crippen LogP contribution < -0.4 is 0 Å². The summed E-state index contributed by atoms with van der Waals surface area (Å²) in [6, 6.07) is 0. The first kappa shape index (κ1) is 10.0. The number of hydrogen-bond acceptors (Lipinski definition) is 2. The molecule has 2 nitrogen and oxygen atoms in total. The number of esters is 1. The Morgan fingerprint density at radius 3 is 2.40 bits per heavy atom. The molecule has 0 fully saturated rings. The Balaban J connectivity index is 3.81. The highest BCUT2D eigenvalue weighted by atomic mass is 35.5. The van der Waals surface area contributed by atoms with Crippen LogP contribution in [0.4, 0.5) is 0 Å². The van der Waals surface area contributed by atoms with E-state index in [1.165, 1.54) is 7.11 Å². The molecule has 2 atom stereocenters. The van der Waals surface area contributed by atoms with Crippen LogP contribution in [0.5, 0.6) is 0 Å².